The summed E-state index contributed by atoms with van der Waals surface area (Å²) in [5.74, 6) is -0.0189. The highest BCUT2D eigenvalue weighted by molar-refractivity contribution is 6.36. The van der Waals surface area contributed by atoms with Crippen molar-refractivity contribution in [1.29, 1.82) is 0 Å². The largest absolute Gasteiger partial charge is 0.339 e. The maximum Gasteiger partial charge on any atom is 0.245 e. The van der Waals surface area contributed by atoms with Gasteiger partial charge in [0.1, 0.15) is 5.69 Å². The summed E-state index contributed by atoms with van der Waals surface area (Å²) in [6.07, 6.45) is 6.69. The summed E-state index contributed by atoms with van der Waals surface area (Å²) < 4.78 is 4.14. The zero-order chi connectivity index (χ0) is 25.8. The van der Waals surface area contributed by atoms with Crippen LogP contribution in [-0.2, 0) is 11.8 Å². The van der Waals surface area contributed by atoms with E-state index in [4.69, 9.17) is 16.7 Å². The number of carbonyl (C=O) groups is 1. The topological polar surface area (TPSA) is 84.6 Å². The molecule has 1 fully saturated rings. The number of imidazole rings is 1. The average Bonchev–Trinajstić information content (AvgIpc) is 3.62. The predicted octanol–water partition coefficient (Wildman–Crippen LogP) is 5.60. The normalized spacial score (nSPS) is 14.6. The molecule has 9 heteroatoms. The van der Waals surface area contributed by atoms with Gasteiger partial charge in [0, 0.05) is 47.9 Å². The molecule has 1 aliphatic rings. The number of aryl methyl sites for hydroxylation is 2. The Kier molecular flexibility index (Phi) is 5.64. The van der Waals surface area contributed by atoms with Crippen LogP contribution in [0, 0.1) is 13.8 Å². The molecule has 0 bridgehead atoms. The molecule has 6 rings (SSSR count). The fourth-order valence-corrected chi connectivity index (χ4v) is 5.81. The van der Waals surface area contributed by atoms with Crippen molar-refractivity contribution in [2.24, 2.45) is 7.05 Å². The first-order valence-electron chi connectivity index (χ1n) is 12.4. The minimum atomic E-state index is -0.0189. The fraction of sp³-hybridized carbons (Fsp3) is 0.286. The Morgan fingerprint density at radius 3 is 2.73 bits per heavy atom. The summed E-state index contributed by atoms with van der Waals surface area (Å²) in [6.45, 7) is 9.11. The third kappa shape index (κ3) is 3.74. The molecular weight excluding hydrogens is 486 g/mol. The van der Waals surface area contributed by atoms with Gasteiger partial charge in [0.2, 0.25) is 5.91 Å². The van der Waals surface area contributed by atoms with Gasteiger partial charge in [-0.1, -0.05) is 24.2 Å². The number of aromatic nitrogens is 6. The first-order valence-corrected chi connectivity index (χ1v) is 12.8. The number of halogens is 1. The number of benzene rings is 2. The number of fused-ring (bicyclic) bond motifs is 2. The summed E-state index contributed by atoms with van der Waals surface area (Å²) in [5, 5.41) is 14.3. The summed E-state index contributed by atoms with van der Waals surface area (Å²) in [5.41, 5.74) is 8.71. The van der Waals surface area contributed by atoms with E-state index in [0.717, 1.165) is 68.4 Å². The molecular formula is C28H28ClN7O. The minimum absolute atomic E-state index is 0.0189. The van der Waals surface area contributed by atoms with Gasteiger partial charge in [0.15, 0.2) is 0 Å². The maximum atomic E-state index is 12.1. The van der Waals surface area contributed by atoms with Crippen molar-refractivity contribution >= 4 is 39.4 Å². The van der Waals surface area contributed by atoms with E-state index in [2.05, 4.69) is 51.6 Å². The molecule has 0 unspecified atom stereocenters. The first kappa shape index (κ1) is 23.5. The second-order valence-electron chi connectivity index (χ2n) is 9.79. The van der Waals surface area contributed by atoms with E-state index in [0.29, 0.717) is 18.1 Å². The predicted molar refractivity (Wildman–Crippen MR) is 147 cm³/mol. The lowest BCUT2D eigenvalue weighted by molar-refractivity contribution is -0.127. The van der Waals surface area contributed by atoms with Crippen LogP contribution in [0.2, 0.25) is 5.02 Å². The highest BCUT2D eigenvalue weighted by Gasteiger charge is 2.29. The molecule has 0 aliphatic carbocycles. The van der Waals surface area contributed by atoms with Crippen LogP contribution in [0.3, 0.4) is 0 Å². The third-order valence-corrected chi connectivity index (χ3v) is 8.05. The highest BCUT2D eigenvalue weighted by Crippen LogP contribution is 2.44. The van der Waals surface area contributed by atoms with Crippen molar-refractivity contribution in [3.05, 3.63) is 65.7 Å². The number of hydrogen-bond acceptors (Lipinski definition) is 4. The van der Waals surface area contributed by atoms with Crippen LogP contribution >= 0.6 is 11.6 Å². The lowest BCUT2D eigenvalue weighted by atomic mass is 9.94. The summed E-state index contributed by atoms with van der Waals surface area (Å²) in [4.78, 5) is 18.6. The number of piperidine rings is 1. The Balaban J connectivity index is 1.55. The van der Waals surface area contributed by atoms with E-state index in [-0.39, 0.29) is 11.9 Å². The summed E-state index contributed by atoms with van der Waals surface area (Å²) in [7, 11) is 1.99. The Labute approximate surface area is 219 Å². The number of H-pyrrole nitrogens is 1. The van der Waals surface area contributed by atoms with E-state index >= 15 is 0 Å². The average molecular weight is 514 g/mol. The van der Waals surface area contributed by atoms with E-state index < -0.39 is 0 Å². The molecule has 0 atom stereocenters. The second-order valence-corrected chi connectivity index (χ2v) is 10.2. The molecule has 1 saturated heterocycles. The number of likely N-dealkylation sites (tertiary alicyclic amines) is 1. The van der Waals surface area contributed by atoms with Crippen molar-refractivity contribution in [1.82, 2.24) is 34.4 Å². The van der Waals surface area contributed by atoms with Gasteiger partial charge in [-0.25, -0.2) is 4.98 Å². The van der Waals surface area contributed by atoms with Gasteiger partial charge in [-0.05, 0) is 56.5 Å². The number of amides is 1. The Morgan fingerprint density at radius 1 is 1.19 bits per heavy atom. The monoisotopic (exact) mass is 513 g/mol. The van der Waals surface area contributed by atoms with Crippen molar-refractivity contribution in [2.75, 3.05) is 13.1 Å². The van der Waals surface area contributed by atoms with Crippen LogP contribution < -0.4 is 0 Å². The number of aromatic amines is 1. The Bertz CT molecular complexity index is 1680. The van der Waals surface area contributed by atoms with Crippen LogP contribution in [-0.4, -0.2) is 53.4 Å². The van der Waals surface area contributed by atoms with Crippen molar-refractivity contribution in [3.63, 3.8) is 0 Å². The molecule has 1 N–H and O–H groups in total. The number of hydrogen-bond donors (Lipinski definition) is 1. The van der Waals surface area contributed by atoms with E-state index in [1.807, 2.05) is 42.0 Å². The van der Waals surface area contributed by atoms with Gasteiger partial charge in [0.05, 0.1) is 40.1 Å². The Morgan fingerprint density at radius 2 is 1.97 bits per heavy atom. The zero-order valence-corrected chi connectivity index (χ0v) is 21.9. The lowest BCUT2D eigenvalue weighted by Gasteiger charge is -2.32. The van der Waals surface area contributed by atoms with Crippen LogP contribution in [0.15, 0.2) is 49.4 Å². The number of nitrogens with one attached hydrogen (secondary N) is 1. The molecule has 188 valence electrons. The molecule has 1 aliphatic heterocycles. The smallest absolute Gasteiger partial charge is 0.245 e. The SMILES string of the molecule is C=CC(=O)N1CCC(n2nc(-c3ccc4c(c3)ncn4C)c(-c3c(Cl)c(C)cc4[nH]ncc34)c2C)CC1. The van der Waals surface area contributed by atoms with Crippen molar-refractivity contribution in [2.45, 2.75) is 32.7 Å². The van der Waals surface area contributed by atoms with E-state index in [1.54, 1.807) is 0 Å². The van der Waals surface area contributed by atoms with Gasteiger partial charge in [-0.2, -0.15) is 10.2 Å². The standard InChI is InChI=1S/C28H28ClN7O/c1-5-24(37)35-10-8-19(9-11-35)36-17(3)25(26-20-14-31-32-21(20)12-16(2)27(26)29)28(33-36)18-6-7-23-22(13-18)30-15-34(23)4/h5-7,12-15,19H,1,8-11H2,2-4H3,(H,31,32). The fourth-order valence-electron chi connectivity index (χ4n) is 5.56. The molecule has 0 saturated carbocycles. The summed E-state index contributed by atoms with van der Waals surface area (Å²) >= 11 is 7.01. The molecule has 3 aromatic heterocycles. The quantitative estimate of drug-likeness (QED) is 0.317. The third-order valence-electron chi connectivity index (χ3n) is 7.56. The molecule has 4 heterocycles. The van der Waals surface area contributed by atoms with Crippen molar-refractivity contribution in [3.8, 4) is 22.4 Å². The van der Waals surface area contributed by atoms with Crippen LogP contribution in [0.25, 0.3) is 44.3 Å². The van der Waals surface area contributed by atoms with Gasteiger partial charge in [-0.15, -0.1) is 0 Å². The Hall–Kier alpha value is -3.91. The number of rotatable bonds is 4. The van der Waals surface area contributed by atoms with Gasteiger partial charge < -0.3 is 9.47 Å². The van der Waals surface area contributed by atoms with E-state index in [9.17, 15) is 4.79 Å². The zero-order valence-electron chi connectivity index (χ0n) is 21.1. The molecule has 37 heavy (non-hydrogen) atoms. The maximum absolute atomic E-state index is 12.1. The van der Waals surface area contributed by atoms with Gasteiger partial charge in [-0.3, -0.25) is 14.6 Å². The molecule has 1 amide bonds. The summed E-state index contributed by atoms with van der Waals surface area (Å²) in [6, 6.07) is 8.47. The van der Waals surface area contributed by atoms with Crippen LogP contribution in [0.4, 0.5) is 0 Å². The number of nitrogens with zero attached hydrogens (tertiary/aromatic N) is 6. The van der Waals surface area contributed by atoms with Gasteiger partial charge in [0.25, 0.3) is 0 Å². The molecule has 0 radical (unpaired) electrons. The van der Waals surface area contributed by atoms with Crippen LogP contribution in [0.5, 0.6) is 0 Å². The first-order chi connectivity index (χ1) is 17.9. The van der Waals surface area contributed by atoms with Crippen molar-refractivity contribution < 1.29 is 4.79 Å². The lowest BCUT2D eigenvalue weighted by Crippen LogP contribution is -2.38. The molecule has 8 nitrogen and oxygen atoms in total. The second kappa shape index (κ2) is 8.88. The molecule has 0 spiro atoms. The number of carbonyl (C=O) groups excluding carboxylic acids is 1. The minimum Gasteiger partial charge on any atom is -0.339 e. The highest BCUT2D eigenvalue weighted by atomic mass is 35.5. The van der Waals surface area contributed by atoms with Crippen LogP contribution in [0.1, 0.15) is 30.1 Å². The van der Waals surface area contributed by atoms with Gasteiger partial charge >= 0.3 is 0 Å². The molecule has 2 aromatic carbocycles. The molecule has 5 aromatic rings. The van der Waals surface area contributed by atoms with E-state index in [1.165, 1.54) is 6.08 Å².